The van der Waals surface area contributed by atoms with E-state index in [0.717, 1.165) is 50.5 Å². The molecule has 21 heavy (non-hydrogen) atoms. The average Bonchev–Trinajstić information content (AvgIpc) is 2.51. The van der Waals surface area contributed by atoms with Crippen LogP contribution in [-0.2, 0) is 11.3 Å². The molecule has 116 valence electrons. The van der Waals surface area contributed by atoms with Crippen LogP contribution in [0.5, 0.6) is 0 Å². The number of rotatable bonds is 7. The minimum atomic E-state index is 0.235. The van der Waals surface area contributed by atoms with E-state index in [1.807, 2.05) is 18.3 Å². The Kier molecular flexibility index (Phi) is 6.37. The second-order valence-electron chi connectivity index (χ2n) is 6.24. The van der Waals surface area contributed by atoms with Gasteiger partial charge in [-0.25, -0.2) is 0 Å². The minimum Gasteiger partial charge on any atom is -0.299 e. The molecule has 1 fully saturated rings. The first kappa shape index (κ1) is 16.2. The van der Waals surface area contributed by atoms with E-state index in [-0.39, 0.29) is 5.92 Å². The third-order valence-corrected chi connectivity index (χ3v) is 4.61. The van der Waals surface area contributed by atoms with Gasteiger partial charge in [0.2, 0.25) is 0 Å². The molecular weight excluding hydrogens is 260 g/mol. The molecule has 1 aromatic heterocycles. The summed E-state index contributed by atoms with van der Waals surface area (Å²) in [5.74, 6) is 1.46. The fourth-order valence-corrected chi connectivity index (χ4v) is 3.39. The molecule has 0 spiro atoms. The zero-order valence-corrected chi connectivity index (χ0v) is 13.4. The zero-order chi connectivity index (χ0) is 15.1. The van der Waals surface area contributed by atoms with Gasteiger partial charge in [0.1, 0.15) is 5.78 Å². The number of nitrogens with zero attached hydrogens (tertiary/aromatic N) is 2. The lowest BCUT2D eigenvalue weighted by atomic mass is 9.78. The third kappa shape index (κ3) is 4.92. The van der Waals surface area contributed by atoms with E-state index in [1.54, 1.807) is 0 Å². The summed E-state index contributed by atoms with van der Waals surface area (Å²) in [7, 11) is 0. The molecule has 0 saturated heterocycles. The molecule has 0 aliphatic heterocycles. The summed E-state index contributed by atoms with van der Waals surface area (Å²) in [6.07, 6.45) is 7.33. The maximum Gasteiger partial charge on any atom is 0.137 e. The molecule has 2 unspecified atom stereocenters. The molecule has 0 radical (unpaired) electrons. The van der Waals surface area contributed by atoms with E-state index >= 15 is 0 Å². The van der Waals surface area contributed by atoms with Gasteiger partial charge in [0.25, 0.3) is 0 Å². The van der Waals surface area contributed by atoms with Gasteiger partial charge in [0.15, 0.2) is 0 Å². The Bertz CT molecular complexity index is 432. The SMILES string of the molecule is CCCC1CCC(=O)C(CN(CC)Cc2ccccn2)C1. The van der Waals surface area contributed by atoms with Crippen molar-refractivity contribution in [1.82, 2.24) is 9.88 Å². The van der Waals surface area contributed by atoms with E-state index in [9.17, 15) is 4.79 Å². The first-order valence-electron chi connectivity index (χ1n) is 8.37. The summed E-state index contributed by atoms with van der Waals surface area (Å²) >= 11 is 0. The van der Waals surface area contributed by atoms with Crippen molar-refractivity contribution in [2.24, 2.45) is 11.8 Å². The normalized spacial score (nSPS) is 22.7. The van der Waals surface area contributed by atoms with E-state index in [1.165, 1.54) is 12.8 Å². The van der Waals surface area contributed by atoms with Crippen LogP contribution in [0.4, 0.5) is 0 Å². The molecular formula is C18H28N2O. The van der Waals surface area contributed by atoms with Crippen LogP contribution in [0.3, 0.4) is 0 Å². The molecule has 0 bridgehead atoms. The fraction of sp³-hybridized carbons (Fsp3) is 0.667. The molecule has 0 aromatic carbocycles. The van der Waals surface area contributed by atoms with Gasteiger partial charge < -0.3 is 0 Å². The molecule has 3 nitrogen and oxygen atoms in total. The highest BCUT2D eigenvalue weighted by Crippen LogP contribution is 2.30. The smallest absolute Gasteiger partial charge is 0.137 e. The molecule has 1 heterocycles. The third-order valence-electron chi connectivity index (χ3n) is 4.61. The largest absolute Gasteiger partial charge is 0.299 e. The number of carbonyl (C=O) groups is 1. The molecule has 1 aliphatic carbocycles. The summed E-state index contributed by atoms with van der Waals surface area (Å²) in [5, 5.41) is 0. The van der Waals surface area contributed by atoms with Gasteiger partial charge in [0.05, 0.1) is 5.69 Å². The van der Waals surface area contributed by atoms with Crippen molar-refractivity contribution in [3.05, 3.63) is 30.1 Å². The highest BCUT2D eigenvalue weighted by Gasteiger charge is 2.29. The Morgan fingerprint density at radius 2 is 2.19 bits per heavy atom. The molecule has 3 heteroatoms. The maximum absolute atomic E-state index is 12.2. The van der Waals surface area contributed by atoms with E-state index in [4.69, 9.17) is 0 Å². The number of Topliss-reactive ketones (excluding diaryl/α,β-unsaturated/α-hetero) is 1. The number of aromatic nitrogens is 1. The average molecular weight is 288 g/mol. The number of carbonyl (C=O) groups excluding carboxylic acids is 1. The Morgan fingerprint density at radius 1 is 1.33 bits per heavy atom. The lowest BCUT2D eigenvalue weighted by Gasteiger charge is -2.31. The Balaban J connectivity index is 1.91. The molecule has 2 atom stereocenters. The van der Waals surface area contributed by atoms with Crippen LogP contribution in [0.15, 0.2) is 24.4 Å². The Morgan fingerprint density at radius 3 is 2.86 bits per heavy atom. The van der Waals surface area contributed by atoms with Crippen LogP contribution in [0.1, 0.15) is 51.6 Å². The first-order chi connectivity index (χ1) is 10.2. The molecule has 0 amide bonds. The van der Waals surface area contributed by atoms with Crippen molar-refractivity contribution in [3.8, 4) is 0 Å². The minimum absolute atomic E-state index is 0.235. The molecule has 0 N–H and O–H groups in total. The zero-order valence-electron chi connectivity index (χ0n) is 13.4. The van der Waals surface area contributed by atoms with Gasteiger partial charge in [-0.05, 0) is 37.4 Å². The van der Waals surface area contributed by atoms with Crippen LogP contribution in [-0.4, -0.2) is 28.8 Å². The van der Waals surface area contributed by atoms with Crippen molar-refractivity contribution < 1.29 is 4.79 Å². The lowest BCUT2D eigenvalue weighted by molar-refractivity contribution is -0.126. The maximum atomic E-state index is 12.2. The summed E-state index contributed by atoms with van der Waals surface area (Å²) in [4.78, 5) is 19.0. The first-order valence-corrected chi connectivity index (χ1v) is 8.37. The Labute approximate surface area is 128 Å². The lowest BCUT2D eigenvalue weighted by Crippen LogP contribution is -2.36. The number of ketones is 1. The topological polar surface area (TPSA) is 33.2 Å². The summed E-state index contributed by atoms with van der Waals surface area (Å²) in [5.41, 5.74) is 1.09. The van der Waals surface area contributed by atoms with Gasteiger partial charge in [0, 0.05) is 31.6 Å². The van der Waals surface area contributed by atoms with Gasteiger partial charge in [-0.1, -0.05) is 32.8 Å². The van der Waals surface area contributed by atoms with Crippen molar-refractivity contribution in [1.29, 1.82) is 0 Å². The number of hydrogen-bond acceptors (Lipinski definition) is 3. The van der Waals surface area contributed by atoms with Gasteiger partial charge in [-0.3, -0.25) is 14.7 Å². The van der Waals surface area contributed by atoms with E-state index in [2.05, 4.69) is 29.8 Å². The van der Waals surface area contributed by atoms with Crippen molar-refractivity contribution in [2.45, 2.75) is 52.5 Å². The quantitative estimate of drug-likeness (QED) is 0.767. The van der Waals surface area contributed by atoms with Crippen molar-refractivity contribution >= 4 is 5.78 Å². The van der Waals surface area contributed by atoms with E-state index < -0.39 is 0 Å². The molecule has 1 aromatic rings. The monoisotopic (exact) mass is 288 g/mol. The van der Waals surface area contributed by atoms with Crippen LogP contribution in [0.2, 0.25) is 0 Å². The molecule has 1 saturated carbocycles. The summed E-state index contributed by atoms with van der Waals surface area (Å²) in [6.45, 7) is 7.12. The second kappa shape index (κ2) is 8.28. The molecule has 1 aliphatic rings. The number of hydrogen-bond donors (Lipinski definition) is 0. The van der Waals surface area contributed by atoms with Crippen LogP contribution in [0.25, 0.3) is 0 Å². The predicted molar refractivity (Wildman–Crippen MR) is 85.9 cm³/mol. The van der Waals surface area contributed by atoms with Crippen molar-refractivity contribution in [2.75, 3.05) is 13.1 Å². The highest BCUT2D eigenvalue weighted by molar-refractivity contribution is 5.81. The fourth-order valence-electron chi connectivity index (χ4n) is 3.39. The van der Waals surface area contributed by atoms with Crippen LogP contribution < -0.4 is 0 Å². The number of pyridine rings is 1. The summed E-state index contributed by atoms with van der Waals surface area (Å²) < 4.78 is 0. The Hall–Kier alpha value is -1.22. The van der Waals surface area contributed by atoms with E-state index in [0.29, 0.717) is 5.78 Å². The van der Waals surface area contributed by atoms with Gasteiger partial charge in [-0.15, -0.1) is 0 Å². The van der Waals surface area contributed by atoms with Crippen LogP contribution >= 0.6 is 0 Å². The standard InChI is InChI=1S/C18H28N2O/c1-3-7-15-9-10-18(21)16(12-15)13-20(4-2)14-17-8-5-6-11-19-17/h5-6,8,11,15-16H,3-4,7,9-10,12-14H2,1-2H3. The van der Waals surface area contributed by atoms with Gasteiger partial charge in [-0.2, -0.15) is 0 Å². The highest BCUT2D eigenvalue weighted by atomic mass is 16.1. The van der Waals surface area contributed by atoms with Crippen molar-refractivity contribution in [3.63, 3.8) is 0 Å². The van der Waals surface area contributed by atoms with Gasteiger partial charge >= 0.3 is 0 Å². The molecule has 2 rings (SSSR count). The predicted octanol–water partition coefficient (Wildman–Crippen LogP) is 3.69. The summed E-state index contributed by atoms with van der Waals surface area (Å²) in [6, 6.07) is 6.03. The second-order valence-corrected chi connectivity index (χ2v) is 6.24. The van der Waals surface area contributed by atoms with Crippen LogP contribution in [0, 0.1) is 11.8 Å².